The maximum atomic E-state index is 14.2. The van der Waals surface area contributed by atoms with Crippen molar-refractivity contribution in [2.24, 2.45) is 0 Å². The Kier molecular flexibility index (Phi) is 8.73. The summed E-state index contributed by atoms with van der Waals surface area (Å²) in [5.41, 5.74) is -1.50. The van der Waals surface area contributed by atoms with E-state index in [0.29, 0.717) is 12.8 Å². The lowest BCUT2D eigenvalue weighted by molar-refractivity contribution is -0.260. The molecule has 12 heteroatoms. The van der Waals surface area contributed by atoms with Gasteiger partial charge >= 0.3 is 0 Å². The Morgan fingerprint density at radius 2 is 1.61 bits per heavy atom. The first kappa shape index (κ1) is 31.5. The van der Waals surface area contributed by atoms with E-state index in [1.165, 1.54) is 31.2 Å². The standard InChI is InChI=1S/C29H36Cl2F2N2O5Si/c1-18(36)34-28-16-29(17-28,26(28)40-20-8-10-22(31)24(33)14-20)35(11-12-39-41(5,6)27(2,3)4)25(37)15-38-19-7-9-21(30)23(32)13-19/h7-10,13-14,26H,11-12,15-17H2,1-6H3,(H,34,36). The summed E-state index contributed by atoms with van der Waals surface area (Å²) in [6.07, 6.45) is 0.243. The van der Waals surface area contributed by atoms with Gasteiger partial charge in [0, 0.05) is 38.4 Å². The third-order valence-corrected chi connectivity index (χ3v) is 13.6. The van der Waals surface area contributed by atoms with Crippen LogP contribution in [0, 0.1) is 11.6 Å². The minimum Gasteiger partial charge on any atom is -0.485 e. The van der Waals surface area contributed by atoms with Crippen molar-refractivity contribution >= 4 is 43.3 Å². The predicted molar refractivity (Wildman–Crippen MR) is 156 cm³/mol. The van der Waals surface area contributed by atoms with E-state index in [2.05, 4.69) is 39.2 Å². The van der Waals surface area contributed by atoms with E-state index in [4.69, 9.17) is 37.1 Å². The Labute approximate surface area is 250 Å². The van der Waals surface area contributed by atoms with Crippen molar-refractivity contribution in [3.8, 4) is 11.5 Å². The highest BCUT2D eigenvalue weighted by atomic mass is 35.5. The van der Waals surface area contributed by atoms with Crippen molar-refractivity contribution in [1.29, 1.82) is 0 Å². The van der Waals surface area contributed by atoms with Gasteiger partial charge in [-0.25, -0.2) is 8.78 Å². The lowest BCUT2D eigenvalue weighted by atomic mass is 9.40. The van der Waals surface area contributed by atoms with Gasteiger partial charge in [0.05, 0.1) is 27.7 Å². The van der Waals surface area contributed by atoms with Gasteiger partial charge in [-0.1, -0.05) is 44.0 Å². The van der Waals surface area contributed by atoms with E-state index in [1.54, 1.807) is 11.0 Å². The molecule has 3 saturated carbocycles. The number of carbonyl (C=O) groups excluding carboxylic acids is 2. The maximum absolute atomic E-state index is 14.2. The zero-order valence-electron chi connectivity index (χ0n) is 24.1. The van der Waals surface area contributed by atoms with E-state index in [-0.39, 0.29) is 58.2 Å². The molecule has 3 aliphatic carbocycles. The van der Waals surface area contributed by atoms with Crippen LogP contribution in [0.4, 0.5) is 8.78 Å². The number of rotatable bonds is 11. The molecular formula is C29H36Cl2F2N2O5Si. The average Bonchev–Trinajstić information content (AvgIpc) is 2.85. The minimum absolute atomic E-state index is 0.0281. The lowest BCUT2D eigenvalue weighted by Crippen LogP contribution is -2.95. The normalized spacial score (nSPS) is 23.2. The van der Waals surface area contributed by atoms with Crippen molar-refractivity contribution in [3.05, 3.63) is 58.1 Å². The second kappa shape index (κ2) is 11.4. The molecule has 2 amide bonds. The second-order valence-corrected chi connectivity index (χ2v) is 18.0. The molecule has 2 aromatic rings. The van der Waals surface area contributed by atoms with Crippen LogP contribution < -0.4 is 14.8 Å². The minimum atomic E-state index is -2.12. The Bertz CT molecular complexity index is 1330. The third kappa shape index (κ3) is 6.21. The summed E-state index contributed by atoms with van der Waals surface area (Å²) in [6.45, 7) is 12.2. The topological polar surface area (TPSA) is 77.1 Å². The van der Waals surface area contributed by atoms with E-state index in [1.807, 2.05) is 0 Å². The summed E-state index contributed by atoms with van der Waals surface area (Å²) in [5, 5.41) is 2.85. The molecule has 1 N–H and O–H groups in total. The fraction of sp³-hybridized carbons (Fsp3) is 0.517. The Morgan fingerprint density at radius 1 is 1.05 bits per heavy atom. The van der Waals surface area contributed by atoms with Gasteiger partial charge in [0.15, 0.2) is 14.9 Å². The summed E-state index contributed by atoms with van der Waals surface area (Å²) < 4.78 is 46.4. The Balaban J connectivity index is 1.59. The van der Waals surface area contributed by atoms with Gasteiger partial charge < -0.3 is 24.1 Å². The number of ether oxygens (including phenoxy) is 2. The molecule has 3 fully saturated rings. The Hall–Kier alpha value is -2.40. The van der Waals surface area contributed by atoms with Crippen LogP contribution in [0.1, 0.15) is 40.5 Å². The quantitative estimate of drug-likeness (QED) is 0.293. The number of hydrogen-bond acceptors (Lipinski definition) is 5. The van der Waals surface area contributed by atoms with Crippen LogP contribution in [-0.2, 0) is 14.0 Å². The number of benzene rings is 2. The molecule has 0 aromatic heterocycles. The van der Waals surface area contributed by atoms with E-state index in [9.17, 15) is 18.4 Å². The highest BCUT2D eigenvalue weighted by Crippen LogP contribution is 2.65. The largest absolute Gasteiger partial charge is 0.485 e. The van der Waals surface area contributed by atoms with E-state index < -0.39 is 37.1 Å². The highest BCUT2D eigenvalue weighted by molar-refractivity contribution is 6.74. The molecule has 41 heavy (non-hydrogen) atoms. The van der Waals surface area contributed by atoms with Crippen LogP contribution in [0.15, 0.2) is 36.4 Å². The zero-order valence-corrected chi connectivity index (χ0v) is 26.6. The van der Waals surface area contributed by atoms with E-state index >= 15 is 0 Å². The van der Waals surface area contributed by atoms with Crippen molar-refractivity contribution in [2.75, 3.05) is 19.8 Å². The second-order valence-electron chi connectivity index (χ2n) is 12.4. The highest BCUT2D eigenvalue weighted by Gasteiger charge is 2.81. The molecule has 224 valence electrons. The van der Waals surface area contributed by atoms with Gasteiger partial charge in [-0.2, -0.15) is 0 Å². The smallest absolute Gasteiger partial charge is 0.261 e. The molecule has 0 aliphatic heterocycles. The summed E-state index contributed by atoms with van der Waals surface area (Å²) in [5.74, 6) is -1.49. The molecule has 2 aromatic carbocycles. The molecule has 2 bridgehead atoms. The molecule has 0 radical (unpaired) electrons. The first-order chi connectivity index (χ1) is 19.0. The third-order valence-electron chi connectivity index (χ3n) is 8.48. The SMILES string of the molecule is CC(=O)NC12CC(N(CCO[Si](C)(C)C(C)(C)C)C(=O)COc3ccc(Cl)c(F)c3)(C1)C2Oc1ccc(Cl)c(F)c1. The predicted octanol–water partition coefficient (Wildman–Crippen LogP) is 6.37. The monoisotopic (exact) mass is 628 g/mol. The molecular weight excluding hydrogens is 593 g/mol. The van der Waals surface area contributed by atoms with Gasteiger partial charge in [0.1, 0.15) is 29.2 Å². The molecule has 0 saturated heterocycles. The fourth-order valence-electron chi connectivity index (χ4n) is 5.40. The van der Waals surface area contributed by atoms with Crippen LogP contribution in [0.25, 0.3) is 0 Å². The average molecular weight is 630 g/mol. The summed E-state index contributed by atoms with van der Waals surface area (Å²) >= 11 is 11.6. The van der Waals surface area contributed by atoms with Crippen molar-refractivity contribution in [1.82, 2.24) is 10.2 Å². The molecule has 1 unspecified atom stereocenters. The molecule has 1 atom stereocenters. The molecule has 0 spiro atoms. The summed E-state index contributed by atoms with van der Waals surface area (Å²) in [6, 6.07) is 8.08. The molecule has 0 heterocycles. The van der Waals surface area contributed by atoms with Gasteiger partial charge in [-0.3, -0.25) is 9.59 Å². The Morgan fingerprint density at radius 3 is 2.15 bits per heavy atom. The number of halogens is 4. The number of hydrogen-bond donors (Lipinski definition) is 1. The van der Waals surface area contributed by atoms with Crippen molar-refractivity contribution < 1.29 is 32.3 Å². The summed E-state index contributed by atoms with van der Waals surface area (Å²) in [4.78, 5) is 27.5. The summed E-state index contributed by atoms with van der Waals surface area (Å²) in [7, 11) is -2.12. The molecule has 7 nitrogen and oxygen atoms in total. The van der Waals surface area contributed by atoms with Gasteiger partial charge in [-0.15, -0.1) is 0 Å². The van der Waals surface area contributed by atoms with Gasteiger partial charge in [-0.05, 0) is 42.4 Å². The van der Waals surface area contributed by atoms with Crippen LogP contribution in [0.5, 0.6) is 11.5 Å². The maximum Gasteiger partial charge on any atom is 0.261 e. The number of nitrogens with one attached hydrogen (secondary N) is 1. The van der Waals surface area contributed by atoms with E-state index in [0.717, 1.165) is 6.07 Å². The number of amides is 2. The van der Waals surface area contributed by atoms with Crippen molar-refractivity contribution in [3.63, 3.8) is 0 Å². The number of nitrogens with zero attached hydrogens (tertiary/aromatic N) is 1. The van der Waals surface area contributed by atoms with Crippen molar-refractivity contribution in [2.45, 2.75) is 75.9 Å². The van der Waals surface area contributed by atoms with Crippen LogP contribution in [0.2, 0.25) is 28.2 Å². The van der Waals surface area contributed by atoms with Crippen LogP contribution in [-0.4, -0.2) is 62.0 Å². The molecule has 5 rings (SSSR count). The fourth-order valence-corrected chi connectivity index (χ4v) is 6.67. The zero-order chi connectivity index (χ0) is 30.4. The molecule has 3 aliphatic rings. The van der Waals surface area contributed by atoms with Crippen LogP contribution in [0.3, 0.4) is 0 Å². The van der Waals surface area contributed by atoms with Gasteiger partial charge in [0.25, 0.3) is 5.91 Å². The first-order valence-corrected chi connectivity index (χ1v) is 17.1. The first-order valence-electron chi connectivity index (χ1n) is 13.4. The number of carbonyl (C=O) groups is 2. The van der Waals surface area contributed by atoms with Crippen LogP contribution >= 0.6 is 23.2 Å². The lowest BCUT2D eigenvalue weighted by Gasteiger charge is -2.76. The van der Waals surface area contributed by atoms with Gasteiger partial charge in [0.2, 0.25) is 5.91 Å².